The summed E-state index contributed by atoms with van der Waals surface area (Å²) in [4.78, 5) is 1.52. The fourth-order valence-electron chi connectivity index (χ4n) is 1.97. The third-order valence-corrected chi connectivity index (χ3v) is 2.72. The third-order valence-electron chi connectivity index (χ3n) is 2.72. The SMILES string of the molecule is OCCN1C(CO)C(O)[C@@H](O)C1CO. The molecule has 0 aromatic carbocycles. The molecule has 84 valence electrons. The Kier molecular flexibility index (Phi) is 4.24. The summed E-state index contributed by atoms with van der Waals surface area (Å²) in [5.41, 5.74) is 0. The van der Waals surface area contributed by atoms with Crippen LogP contribution in [-0.2, 0) is 0 Å². The van der Waals surface area contributed by atoms with Crippen LogP contribution in [0, 0.1) is 0 Å². The van der Waals surface area contributed by atoms with E-state index >= 15 is 0 Å². The monoisotopic (exact) mass is 207 g/mol. The predicted molar refractivity (Wildman–Crippen MR) is 47.6 cm³/mol. The summed E-state index contributed by atoms with van der Waals surface area (Å²) in [5, 5.41) is 45.8. The molecule has 0 spiro atoms. The van der Waals surface area contributed by atoms with Crippen LogP contribution in [0.2, 0.25) is 0 Å². The van der Waals surface area contributed by atoms with Crippen LogP contribution in [0.5, 0.6) is 0 Å². The zero-order chi connectivity index (χ0) is 10.7. The molecule has 5 N–H and O–H groups in total. The van der Waals surface area contributed by atoms with E-state index in [0.29, 0.717) is 0 Å². The first-order valence-electron chi connectivity index (χ1n) is 4.61. The Bertz CT molecular complexity index is 163. The molecular weight excluding hydrogens is 190 g/mol. The summed E-state index contributed by atoms with van der Waals surface area (Å²) >= 11 is 0. The Morgan fingerprint density at radius 3 is 1.57 bits per heavy atom. The number of aliphatic hydroxyl groups excluding tert-OH is 5. The zero-order valence-electron chi connectivity index (χ0n) is 7.82. The molecule has 1 aliphatic heterocycles. The quantitative estimate of drug-likeness (QED) is 0.331. The van der Waals surface area contributed by atoms with Crippen molar-refractivity contribution in [2.75, 3.05) is 26.4 Å². The minimum absolute atomic E-state index is 0.146. The van der Waals surface area contributed by atoms with E-state index in [1.165, 1.54) is 4.90 Å². The second-order valence-corrected chi connectivity index (χ2v) is 3.44. The van der Waals surface area contributed by atoms with Crippen molar-refractivity contribution in [1.29, 1.82) is 0 Å². The average molecular weight is 207 g/mol. The minimum Gasteiger partial charge on any atom is -0.395 e. The molecule has 0 bridgehead atoms. The number of likely N-dealkylation sites (tertiary alicyclic amines) is 1. The van der Waals surface area contributed by atoms with E-state index in [-0.39, 0.29) is 26.4 Å². The largest absolute Gasteiger partial charge is 0.395 e. The predicted octanol–water partition coefficient (Wildman–Crippen LogP) is -3.26. The van der Waals surface area contributed by atoms with Crippen LogP contribution in [0.25, 0.3) is 0 Å². The molecule has 1 rings (SSSR count). The molecular formula is C8H17NO5. The summed E-state index contributed by atoms with van der Waals surface area (Å²) in [6.45, 7) is -0.555. The molecule has 0 amide bonds. The molecule has 14 heavy (non-hydrogen) atoms. The molecule has 6 nitrogen and oxygen atoms in total. The highest BCUT2D eigenvalue weighted by Gasteiger charge is 2.46. The van der Waals surface area contributed by atoms with Crippen molar-refractivity contribution in [3.8, 4) is 0 Å². The van der Waals surface area contributed by atoms with Gasteiger partial charge < -0.3 is 25.5 Å². The fourth-order valence-corrected chi connectivity index (χ4v) is 1.97. The molecule has 0 aliphatic carbocycles. The number of rotatable bonds is 4. The maximum absolute atomic E-state index is 9.51. The molecule has 6 heteroatoms. The average Bonchev–Trinajstić information content (AvgIpc) is 2.40. The molecule has 1 fully saturated rings. The van der Waals surface area contributed by atoms with Crippen molar-refractivity contribution >= 4 is 0 Å². The van der Waals surface area contributed by atoms with E-state index in [4.69, 9.17) is 15.3 Å². The van der Waals surface area contributed by atoms with Crippen molar-refractivity contribution in [3.63, 3.8) is 0 Å². The molecule has 0 saturated carbocycles. The Hall–Kier alpha value is -0.240. The number of hydrogen-bond donors (Lipinski definition) is 5. The lowest BCUT2D eigenvalue weighted by atomic mass is 10.1. The second kappa shape index (κ2) is 5.01. The van der Waals surface area contributed by atoms with Gasteiger partial charge in [0.05, 0.1) is 44.1 Å². The molecule has 1 saturated heterocycles. The van der Waals surface area contributed by atoms with Crippen LogP contribution in [0.3, 0.4) is 0 Å². The Balaban J connectivity index is 2.74. The van der Waals surface area contributed by atoms with Crippen molar-refractivity contribution in [2.45, 2.75) is 24.3 Å². The topological polar surface area (TPSA) is 104 Å². The first-order chi connectivity index (χ1) is 6.67. The number of aliphatic hydroxyl groups is 5. The van der Waals surface area contributed by atoms with Gasteiger partial charge in [0.1, 0.15) is 0 Å². The van der Waals surface area contributed by atoms with Crippen LogP contribution in [0.15, 0.2) is 0 Å². The van der Waals surface area contributed by atoms with E-state index in [2.05, 4.69) is 0 Å². The molecule has 0 aromatic rings. The lowest BCUT2D eigenvalue weighted by Crippen LogP contribution is -2.44. The van der Waals surface area contributed by atoms with Crippen molar-refractivity contribution in [3.05, 3.63) is 0 Å². The van der Waals surface area contributed by atoms with E-state index in [1.807, 2.05) is 0 Å². The van der Waals surface area contributed by atoms with Crippen LogP contribution < -0.4 is 0 Å². The first kappa shape index (κ1) is 11.8. The smallest absolute Gasteiger partial charge is 0.0992 e. The van der Waals surface area contributed by atoms with Gasteiger partial charge in [0, 0.05) is 6.54 Å². The van der Waals surface area contributed by atoms with Crippen LogP contribution in [0.1, 0.15) is 0 Å². The molecule has 4 atom stereocenters. The summed E-state index contributed by atoms with van der Waals surface area (Å²) in [7, 11) is 0. The fraction of sp³-hybridized carbons (Fsp3) is 1.00. The highest BCUT2D eigenvalue weighted by molar-refractivity contribution is 5.00. The Morgan fingerprint density at radius 1 is 0.857 bits per heavy atom. The molecule has 3 unspecified atom stereocenters. The zero-order valence-corrected chi connectivity index (χ0v) is 7.82. The number of hydrogen-bond acceptors (Lipinski definition) is 6. The van der Waals surface area contributed by atoms with Gasteiger partial charge in [0.25, 0.3) is 0 Å². The normalized spacial score (nSPS) is 39.2. The Labute approximate surface area is 82.0 Å². The van der Waals surface area contributed by atoms with Crippen molar-refractivity contribution in [2.24, 2.45) is 0 Å². The first-order valence-corrected chi connectivity index (χ1v) is 4.61. The lowest BCUT2D eigenvalue weighted by molar-refractivity contribution is 0.0130. The summed E-state index contributed by atoms with van der Waals surface area (Å²) in [6, 6.07) is -1.23. The van der Waals surface area contributed by atoms with Gasteiger partial charge in [0.2, 0.25) is 0 Å². The minimum atomic E-state index is -1.08. The van der Waals surface area contributed by atoms with Gasteiger partial charge in [-0.1, -0.05) is 0 Å². The number of nitrogens with zero attached hydrogens (tertiary/aromatic N) is 1. The highest BCUT2D eigenvalue weighted by atomic mass is 16.3. The maximum atomic E-state index is 9.51. The van der Waals surface area contributed by atoms with Gasteiger partial charge in [-0.3, -0.25) is 4.90 Å². The third kappa shape index (κ3) is 1.90. The van der Waals surface area contributed by atoms with E-state index in [9.17, 15) is 10.2 Å². The number of β-amino-alcohol motifs (C(OH)–C–C–N with tert-alkyl or cyclic N) is 1. The lowest BCUT2D eigenvalue weighted by Gasteiger charge is -2.27. The van der Waals surface area contributed by atoms with E-state index in [0.717, 1.165) is 0 Å². The standard InChI is InChI=1S/C8H17NO5/c10-2-1-9-5(3-11)7(13)8(14)6(9)4-12/h5-8,10-14H,1-4H2/t5?,6?,7-,8?/m0/s1. The van der Waals surface area contributed by atoms with Crippen LogP contribution in [-0.4, -0.2) is 81.1 Å². The molecule has 0 radical (unpaired) electrons. The van der Waals surface area contributed by atoms with Gasteiger partial charge in [0.15, 0.2) is 0 Å². The molecule has 0 aromatic heterocycles. The summed E-state index contributed by atoms with van der Waals surface area (Å²) in [6.07, 6.45) is -2.16. The molecule has 1 aliphatic rings. The van der Waals surface area contributed by atoms with Gasteiger partial charge >= 0.3 is 0 Å². The summed E-state index contributed by atoms with van der Waals surface area (Å²) < 4.78 is 0. The highest BCUT2D eigenvalue weighted by Crippen LogP contribution is 2.24. The van der Waals surface area contributed by atoms with E-state index < -0.39 is 24.3 Å². The van der Waals surface area contributed by atoms with Gasteiger partial charge in [-0.2, -0.15) is 0 Å². The van der Waals surface area contributed by atoms with Gasteiger partial charge in [-0.05, 0) is 0 Å². The Morgan fingerprint density at radius 2 is 1.29 bits per heavy atom. The van der Waals surface area contributed by atoms with Crippen molar-refractivity contribution in [1.82, 2.24) is 4.90 Å². The van der Waals surface area contributed by atoms with Gasteiger partial charge in [-0.25, -0.2) is 0 Å². The van der Waals surface area contributed by atoms with Crippen LogP contribution >= 0.6 is 0 Å². The van der Waals surface area contributed by atoms with Gasteiger partial charge in [-0.15, -0.1) is 0 Å². The molecule has 1 heterocycles. The van der Waals surface area contributed by atoms with E-state index in [1.54, 1.807) is 0 Å². The second-order valence-electron chi connectivity index (χ2n) is 3.44. The summed E-state index contributed by atoms with van der Waals surface area (Å²) in [5.74, 6) is 0. The maximum Gasteiger partial charge on any atom is 0.0992 e. The van der Waals surface area contributed by atoms with Crippen molar-refractivity contribution < 1.29 is 25.5 Å². The van der Waals surface area contributed by atoms with Crippen LogP contribution in [0.4, 0.5) is 0 Å².